The third-order valence-electron chi connectivity index (χ3n) is 6.42. The topological polar surface area (TPSA) is 142 Å². The summed E-state index contributed by atoms with van der Waals surface area (Å²) in [6.07, 6.45) is 4.07. The Balaban J connectivity index is 0.000000271. The molecular formula is C23H30F2N8O2. The molecule has 0 amide bonds. The number of rotatable bonds is 4. The van der Waals surface area contributed by atoms with E-state index in [-0.39, 0.29) is 23.2 Å². The molecule has 0 bridgehead atoms. The molecule has 0 aromatic carbocycles. The zero-order valence-electron chi connectivity index (χ0n) is 20.0. The summed E-state index contributed by atoms with van der Waals surface area (Å²) in [6.45, 7) is 3.34. The van der Waals surface area contributed by atoms with Gasteiger partial charge in [-0.1, -0.05) is 19.3 Å². The minimum atomic E-state index is -2.54. The summed E-state index contributed by atoms with van der Waals surface area (Å²) in [6, 6.07) is 4.74. The Hall–Kier alpha value is -3.54. The van der Waals surface area contributed by atoms with Gasteiger partial charge < -0.3 is 25.9 Å². The van der Waals surface area contributed by atoms with Crippen LogP contribution in [0.15, 0.2) is 18.2 Å². The van der Waals surface area contributed by atoms with Crippen molar-refractivity contribution in [1.82, 2.24) is 29.1 Å². The van der Waals surface area contributed by atoms with Crippen molar-refractivity contribution < 1.29 is 18.6 Å². The smallest absolute Gasteiger partial charge is 0.256 e. The molecule has 1 saturated carbocycles. The molecule has 1 aliphatic carbocycles. The molecule has 4 aromatic rings. The fourth-order valence-electron chi connectivity index (χ4n) is 4.46. The number of nitrogens with two attached hydrogens (primary N) is 2. The lowest BCUT2D eigenvalue weighted by Crippen LogP contribution is -2.29. The number of hydrogen-bond acceptors (Lipinski definition) is 8. The molecule has 1 aliphatic rings. The molecule has 1 fully saturated rings. The van der Waals surface area contributed by atoms with E-state index in [0.29, 0.717) is 33.8 Å². The summed E-state index contributed by atoms with van der Waals surface area (Å²) < 4.78 is 33.6. The number of aromatic nitrogens is 6. The van der Waals surface area contributed by atoms with E-state index >= 15 is 0 Å². The molecule has 5 rings (SSSR count). The zero-order chi connectivity index (χ0) is 25.3. The lowest BCUT2D eigenvalue weighted by atomic mass is 9.86. The van der Waals surface area contributed by atoms with Crippen molar-refractivity contribution in [1.29, 1.82) is 0 Å². The maximum absolute atomic E-state index is 12.9. The number of imidazole rings is 1. The highest BCUT2D eigenvalue weighted by Crippen LogP contribution is 2.33. The SMILES string of the molecule is COC1(C)CCCCC1.Cc1nc2ccc(-c3cc(O)n4nc(N)nc(N)c34)nc2n1CC(F)F. The zero-order valence-corrected chi connectivity index (χ0v) is 20.0. The predicted octanol–water partition coefficient (Wildman–Crippen LogP) is 3.94. The molecule has 35 heavy (non-hydrogen) atoms. The van der Waals surface area contributed by atoms with Crippen LogP contribution in [0, 0.1) is 6.92 Å². The molecule has 0 unspecified atom stereocenters. The number of nitrogens with zero attached hydrogens (tertiary/aromatic N) is 6. The van der Waals surface area contributed by atoms with Crippen LogP contribution in [-0.4, -0.2) is 53.4 Å². The fraction of sp³-hybridized carbons (Fsp3) is 0.478. The molecule has 10 nitrogen and oxygen atoms in total. The van der Waals surface area contributed by atoms with Gasteiger partial charge in [0.2, 0.25) is 11.8 Å². The van der Waals surface area contributed by atoms with E-state index in [1.807, 2.05) is 7.11 Å². The summed E-state index contributed by atoms with van der Waals surface area (Å²) in [5, 5.41) is 14.0. The minimum Gasteiger partial charge on any atom is -0.493 e. The van der Waals surface area contributed by atoms with E-state index < -0.39 is 13.0 Å². The summed E-state index contributed by atoms with van der Waals surface area (Å²) in [5.41, 5.74) is 13.7. The van der Waals surface area contributed by atoms with E-state index in [1.54, 1.807) is 19.1 Å². The number of pyridine rings is 1. The summed E-state index contributed by atoms with van der Waals surface area (Å²) in [5.74, 6) is 0.202. The average Bonchev–Trinajstić information content (AvgIpc) is 3.30. The number of ether oxygens (including phenoxy) is 1. The Bertz CT molecular complexity index is 1340. The van der Waals surface area contributed by atoms with Crippen molar-refractivity contribution in [2.75, 3.05) is 18.6 Å². The van der Waals surface area contributed by atoms with Crippen molar-refractivity contribution in [2.24, 2.45) is 0 Å². The van der Waals surface area contributed by atoms with Crippen LogP contribution in [0.1, 0.15) is 44.9 Å². The van der Waals surface area contributed by atoms with Crippen LogP contribution in [-0.2, 0) is 11.3 Å². The second-order valence-corrected chi connectivity index (χ2v) is 8.95. The molecule has 0 saturated heterocycles. The highest BCUT2D eigenvalue weighted by Gasteiger charge is 2.25. The first kappa shape index (κ1) is 24.6. The number of nitrogen functional groups attached to an aromatic ring is 2. The van der Waals surface area contributed by atoms with Crippen LogP contribution in [0.5, 0.6) is 5.88 Å². The van der Waals surface area contributed by atoms with E-state index in [9.17, 15) is 13.9 Å². The normalized spacial score (nSPS) is 15.5. The molecule has 188 valence electrons. The Morgan fingerprint density at radius 3 is 2.49 bits per heavy atom. The average molecular weight is 489 g/mol. The first-order valence-corrected chi connectivity index (χ1v) is 11.4. The lowest BCUT2D eigenvalue weighted by Gasteiger charge is -2.31. The Labute approximate surface area is 200 Å². The van der Waals surface area contributed by atoms with Gasteiger partial charge in [-0.25, -0.2) is 18.7 Å². The Kier molecular flexibility index (Phi) is 6.75. The van der Waals surface area contributed by atoms with Crippen LogP contribution in [0.25, 0.3) is 27.9 Å². The molecule has 4 aromatic heterocycles. The van der Waals surface area contributed by atoms with Crippen LogP contribution < -0.4 is 11.5 Å². The van der Waals surface area contributed by atoms with Gasteiger partial charge in [-0.3, -0.25) is 0 Å². The second-order valence-electron chi connectivity index (χ2n) is 8.95. The molecule has 0 spiro atoms. The van der Waals surface area contributed by atoms with Gasteiger partial charge in [-0.15, -0.1) is 5.10 Å². The van der Waals surface area contributed by atoms with Crippen molar-refractivity contribution in [3.05, 3.63) is 24.0 Å². The summed E-state index contributed by atoms with van der Waals surface area (Å²) >= 11 is 0. The van der Waals surface area contributed by atoms with Gasteiger partial charge in [0, 0.05) is 18.7 Å². The quantitative estimate of drug-likeness (QED) is 0.392. The van der Waals surface area contributed by atoms with Crippen LogP contribution in [0.2, 0.25) is 0 Å². The van der Waals surface area contributed by atoms with Gasteiger partial charge in [-0.2, -0.15) is 9.50 Å². The molecule has 4 heterocycles. The number of fused-ring (bicyclic) bond motifs is 2. The predicted molar refractivity (Wildman–Crippen MR) is 129 cm³/mol. The van der Waals surface area contributed by atoms with Gasteiger partial charge in [0.15, 0.2) is 11.5 Å². The molecule has 5 N–H and O–H groups in total. The maximum Gasteiger partial charge on any atom is 0.256 e. The number of aryl methyl sites for hydroxylation is 1. The molecular weight excluding hydrogens is 458 g/mol. The first-order valence-electron chi connectivity index (χ1n) is 11.4. The highest BCUT2D eigenvalue weighted by atomic mass is 19.3. The van der Waals surface area contributed by atoms with Gasteiger partial charge >= 0.3 is 0 Å². The summed E-state index contributed by atoms with van der Waals surface area (Å²) in [7, 11) is 1.82. The number of methoxy groups -OCH3 is 1. The largest absolute Gasteiger partial charge is 0.493 e. The number of anilines is 2. The number of hydrogen-bond donors (Lipinski definition) is 3. The third kappa shape index (κ3) is 4.97. The van der Waals surface area contributed by atoms with Crippen molar-refractivity contribution in [3.8, 4) is 17.1 Å². The van der Waals surface area contributed by atoms with E-state index in [1.165, 1.54) is 42.7 Å². The lowest BCUT2D eigenvalue weighted by molar-refractivity contribution is -0.0231. The maximum atomic E-state index is 12.9. The highest BCUT2D eigenvalue weighted by molar-refractivity contribution is 5.89. The van der Waals surface area contributed by atoms with E-state index in [4.69, 9.17) is 16.2 Å². The second kappa shape index (κ2) is 9.61. The van der Waals surface area contributed by atoms with Crippen molar-refractivity contribution in [3.63, 3.8) is 0 Å². The monoisotopic (exact) mass is 488 g/mol. The van der Waals surface area contributed by atoms with Gasteiger partial charge in [0.25, 0.3) is 6.43 Å². The van der Waals surface area contributed by atoms with Gasteiger partial charge in [0.05, 0.1) is 17.8 Å². The minimum absolute atomic E-state index is 0.0620. The number of alkyl halides is 2. The Morgan fingerprint density at radius 1 is 1.14 bits per heavy atom. The van der Waals surface area contributed by atoms with Crippen LogP contribution in [0.4, 0.5) is 20.5 Å². The molecule has 0 atom stereocenters. The summed E-state index contributed by atoms with van der Waals surface area (Å²) in [4.78, 5) is 12.6. The van der Waals surface area contributed by atoms with Crippen LogP contribution in [0.3, 0.4) is 0 Å². The molecule has 0 aliphatic heterocycles. The number of aromatic hydroxyl groups is 1. The van der Waals surface area contributed by atoms with E-state index in [0.717, 1.165) is 4.52 Å². The van der Waals surface area contributed by atoms with Crippen molar-refractivity contribution in [2.45, 2.75) is 64.5 Å². The number of halogens is 2. The Morgan fingerprint density at radius 2 is 1.86 bits per heavy atom. The van der Waals surface area contributed by atoms with Gasteiger partial charge in [-0.05, 0) is 38.8 Å². The standard InChI is InChI=1S/C15H14F2N8O.C8H16O/c1-6-20-9-3-2-8(21-14(9)24(6)5-10(16)17)7-4-11(26)25-12(7)13(18)22-15(19)23-25;1-8(9-2)6-4-3-5-7-8/h2-4,10,26H,5H2,1H3,(H4,18,19,22,23);3-7H2,1-2H3. The molecule has 12 heteroatoms. The van der Waals surface area contributed by atoms with Gasteiger partial charge in [0.1, 0.15) is 16.9 Å². The van der Waals surface area contributed by atoms with Crippen molar-refractivity contribution >= 4 is 28.4 Å². The fourth-order valence-corrected chi connectivity index (χ4v) is 4.46. The molecule has 0 radical (unpaired) electrons. The third-order valence-corrected chi connectivity index (χ3v) is 6.42. The first-order chi connectivity index (χ1) is 16.6. The van der Waals surface area contributed by atoms with E-state index in [2.05, 4.69) is 27.0 Å². The van der Waals surface area contributed by atoms with Crippen LogP contribution >= 0.6 is 0 Å².